The largest absolute Gasteiger partial charge is 0.457 e. The lowest BCUT2D eigenvalue weighted by Crippen LogP contribution is -2.38. The van der Waals surface area contributed by atoms with Gasteiger partial charge in [-0.3, -0.25) is 14.6 Å². The van der Waals surface area contributed by atoms with Crippen LogP contribution in [0.15, 0.2) is 48.9 Å². The molecule has 1 aliphatic heterocycles. The molecule has 1 atom stereocenters. The minimum atomic E-state index is 0.450. The van der Waals surface area contributed by atoms with Gasteiger partial charge in [-0.1, -0.05) is 30.6 Å². The van der Waals surface area contributed by atoms with Gasteiger partial charge >= 0.3 is 0 Å². The molecular weight excluding hydrogens is 496 g/mol. The van der Waals surface area contributed by atoms with Crippen LogP contribution in [0.3, 0.4) is 0 Å². The molecule has 3 aromatic heterocycles. The van der Waals surface area contributed by atoms with Crippen LogP contribution >= 0.6 is 11.3 Å². The number of nitrogens with one attached hydrogen (secondary N) is 1. The Labute approximate surface area is 228 Å². The highest BCUT2D eigenvalue weighted by Crippen LogP contribution is 2.34. The molecule has 38 heavy (non-hydrogen) atoms. The van der Waals surface area contributed by atoms with E-state index in [1.165, 1.54) is 32.1 Å². The maximum atomic E-state index is 6.24. The van der Waals surface area contributed by atoms with Gasteiger partial charge in [0.25, 0.3) is 0 Å². The Balaban J connectivity index is 1.09. The van der Waals surface area contributed by atoms with Crippen molar-refractivity contribution < 1.29 is 9.47 Å². The van der Waals surface area contributed by atoms with E-state index in [4.69, 9.17) is 14.5 Å². The number of aromatic nitrogens is 4. The molecule has 4 aromatic rings. The Bertz CT molecular complexity index is 1340. The molecule has 2 aliphatic rings. The van der Waals surface area contributed by atoms with Gasteiger partial charge in [0.1, 0.15) is 11.5 Å². The third-order valence-corrected chi connectivity index (χ3v) is 8.66. The zero-order valence-electron chi connectivity index (χ0n) is 22.0. The Kier molecular flexibility index (Phi) is 7.85. The Morgan fingerprint density at radius 3 is 2.79 bits per heavy atom. The monoisotopic (exact) mass is 532 g/mol. The first-order valence-electron chi connectivity index (χ1n) is 13.8. The number of benzene rings is 1. The minimum Gasteiger partial charge on any atom is -0.457 e. The molecule has 6 rings (SSSR count). The second kappa shape index (κ2) is 11.8. The lowest BCUT2D eigenvalue weighted by molar-refractivity contribution is 0.0360. The standard InChI is InChI=1S/C29H36N6O2S/c1-21(22-5-3-2-4-6-22)32-29-33-26-8-7-24(18-28(26)38-29)37-25-9-10-30-27(17-25)23-19-31-35(20-23)12-11-34-13-15-36-16-14-34/h7-10,17-22H,2-6,11-16H2,1H3,(H,32,33). The summed E-state index contributed by atoms with van der Waals surface area (Å²) in [7, 11) is 0. The molecule has 1 N–H and O–H groups in total. The van der Waals surface area contributed by atoms with E-state index >= 15 is 0 Å². The molecule has 0 bridgehead atoms. The summed E-state index contributed by atoms with van der Waals surface area (Å²) in [4.78, 5) is 11.8. The fourth-order valence-corrected chi connectivity index (χ4v) is 6.42. The van der Waals surface area contributed by atoms with Crippen LogP contribution in [0.1, 0.15) is 39.0 Å². The SMILES string of the molecule is CC(Nc1nc2ccc(Oc3ccnc(-c4cnn(CCN5CCOCC5)c4)c3)cc2s1)C1CCCCC1. The van der Waals surface area contributed by atoms with E-state index in [0.29, 0.717) is 6.04 Å². The Hall–Kier alpha value is -3.01. The van der Waals surface area contributed by atoms with Gasteiger partial charge in [-0.15, -0.1) is 0 Å². The number of hydrogen-bond donors (Lipinski definition) is 1. The number of anilines is 1. The second-order valence-corrected chi connectivity index (χ2v) is 11.4. The molecule has 1 saturated heterocycles. The number of hydrogen-bond acceptors (Lipinski definition) is 8. The van der Waals surface area contributed by atoms with Gasteiger partial charge in [-0.05, 0) is 43.9 Å². The van der Waals surface area contributed by atoms with Gasteiger partial charge in [0.2, 0.25) is 0 Å². The third-order valence-electron chi connectivity index (χ3n) is 7.71. The number of morpholine rings is 1. The van der Waals surface area contributed by atoms with Crippen LogP contribution in [0.4, 0.5) is 5.13 Å². The van der Waals surface area contributed by atoms with Crippen LogP contribution in [0, 0.1) is 5.92 Å². The lowest BCUT2D eigenvalue weighted by Gasteiger charge is -2.28. The van der Waals surface area contributed by atoms with Crippen LogP contribution in [-0.4, -0.2) is 63.5 Å². The first-order chi connectivity index (χ1) is 18.7. The molecular formula is C29H36N6O2S. The fraction of sp³-hybridized carbons (Fsp3) is 0.483. The molecule has 9 heteroatoms. The molecule has 1 unspecified atom stereocenters. The minimum absolute atomic E-state index is 0.450. The molecule has 2 fully saturated rings. The van der Waals surface area contributed by atoms with E-state index in [2.05, 4.69) is 39.5 Å². The van der Waals surface area contributed by atoms with Crippen molar-refractivity contribution in [3.63, 3.8) is 0 Å². The molecule has 8 nitrogen and oxygen atoms in total. The van der Waals surface area contributed by atoms with Crippen LogP contribution in [0.25, 0.3) is 21.5 Å². The van der Waals surface area contributed by atoms with Crippen molar-refractivity contribution in [3.8, 4) is 22.8 Å². The predicted molar refractivity (Wildman–Crippen MR) is 152 cm³/mol. The van der Waals surface area contributed by atoms with E-state index in [1.54, 1.807) is 17.5 Å². The Morgan fingerprint density at radius 1 is 1.08 bits per heavy atom. The molecule has 200 valence electrons. The summed E-state index contributed by atoms with van der Waals surface area (Å²) in [5.74, 6) is 2.29. The average Bonchev–Trinajstić information content (AvgIpc) is 3.60. The number of nitrogens with zero attached hydrogens (tertiary/aromatic N) is 5. The highest BCUT2D eigenvalue weighted by atomic mass is 32.1. The van der Waals surface area contributed by atoms with Crippen LogP contribution in [-0.2, 0) is 11.3 Å². The molecule has 1 aliphatic carbocycles. The predicted octanol–water partition coefficient (Wildman–Crippen LogP) is 6.06. The van der Waals surface area contributed by atoms with E-state index in [-0.39, 0.29) is 0 Å². The van der Waals surface area contributed by atoms with Crippen molar-refractivity contribution in [2.24, 2.45) is 5.92 Å². The van der Waals surface area contributed by atoms with Crippen molar-refractivity contribution >= 4 is 26.7 Å². The summed E-state index contributed by atoms with van der Waals surface area (Å²) in [6.07, 6.45) is 12.4. The summed E-state index contributed by atoms with van der Waals surface area (Å²) < 4.78 is 14.8. The summed E-state index contributed by atoms with van der Waals surface area (Å²) in [6, 6.07) is 10.4. The van der Waals surface area contributed by atoms with Gasteiger partial charge < -0.3 is 14.8 Å². The van der Waals surface area contributed by atoms with Crippen molar-refractivity contribution in [3.05, 3.63) is 48.9 Å². The number of fused-ring (bicyclic) bond motifs is 1. The third kappa shape index (κ3) is 6.17. The van der Waals surface area contributed by atoms with E-state index in [9.17, 15) is 0 Å². The second-order valence-electron chi connectivity index (χ2n) is 10.4. The van der Waals surface area contributed by atoms with Crippen molar-refractivity contribution in [1.82, 2.24) is 24.6 Å². The zero-order chi connectivity index (χ0) is 25.7. The van der Waals surface area contributed by atoms with Crippen LogP contribution < -0.4 is 10.1 Å². The van der Waals surface area contributed by atoms with E-state index < -0.39 is 0 Å². The number of thiazole rings is 1. The van der Waals surface area contributed by atoms with E-state index in [0.717, 1.165) is 83.4 Å². The zero-order valence-corrected chi connectivity index (χ0v) is 22.8. The first kappa shape index (κ1) is 25.3. The van der Waals surface area contributed by atoms with E-state index in [1.807, 2.05) is 35.1 Å². The van der Waals surface area contributed by atoms with Gasteiger partial charge in [-0.25, -0.2) is 4.98 Å². The van der Waals surface area contributed by atoms with Gasteiger partial charge in [0.15, 0.2) is 5.13 Å². The molecule has 4 heterocycles. The highest BCUT2D eigenvalue weighted by Gasteiger charge is 2.21. The summed E-state index contributed by atoms with van der Waals surface area (Å²) in [6.45, 7) is 7.72. The molecule has 1 saturated carbocycles. The summed E-state index contributed by atoms with van der Waals surface area (Å²) in [5.41, 5.74) is 2.83. The lowest BCUT2D eigenvalue weighted by atomic mass is 9.85. The smallest absolute Gasteiger partial charge is 0.184 e. The summed E-state index contributed by atoms with van der Waals surface area (Å²) in [5, 5.41) is 9.20. The normalized spacial score (nSPS) is 18.0. The topological polar surface area (TPSA) is 77.3 Å². The van der Waals surface area contributed by atoms with Gasteiger partial charge in [0.05, 0.1) is 41.9 Å². The maximum Gasteiger partial charge on any atom is 0.184 e. The molecule has 0 spiro atoms. The van der Waals surface area contributed by atoms with Gasteiger partial charge in [0, 0.05) is 55.8 Å². The molecule has 0 radical (unpaired) electrons. The quantitative estimate of drug-likeness (QED) is 0.281. The van der Waals surface area contributed by atoms with Crippen LogP contribution in [0.2, 0.25) is 0 Å². The Morgan fingerprint density at radius 2 is 1.92 bits per heavy atom. The summed E-state index contributed by atoms with van der Waals surface area (Å²) >= 11 is 1.70. The number of rotatable bonds is 9. The van der Waals surface area contributed by atoms with Crippen LogP contribution in [0.5, 0.6) is 11.5 Å². The highest BCUT2D eigenvalue weighted by molar-refractivity contribution is 7.22. The van der Waals surface area contributed by atoms with Gasteiger partial charge in [-0.2, -0.15) is 5.10 Å². The first-order valence-corrected chi connectivity index (χ1v) is 14.7. The van der Waals surface area contributed by atoms with Crippen molar-refractivity contribution in [1.29, 1.82) is 0 Å². The number of ether oxygens (including phenoxy) is 2. The van der Waals surface area contributed by atoms with Crippen molar-refractivity contribution in [2.45, 2.75) is 51.6 Å². The molecule has 1 aromatic carbocycles. The number of pyridine rings is 1. The molecule has 0 amide bonds. The maximum absolute atomic E-state index is 6.24. The van der Waals surface area contributed by atoms with Crippen molar-refractivity contribution in [2.75, 3.05) is 38.2 Å². The fourth-order valence-electron chi connectivity index (χ4n) is 5.43. The average molecular weight is 533 g/mol.